The summed E-state index contributed by atoms with van der Waals surface area (Å²) in [6, 6.07) is -0.552. The van der Waals surface area contributed by atoms with Crippen molar-refractivity contribution in [2.45, 2.75) is 39.8 Å². The molecule has 1 aromatic heterocycles. The lowest BCUT2D eigenvalue weighted by Crippen LogP contribution is -2.40. The van der Waals surface area contributed by atoms with Crippen LogP contribution in [-0.4, -0.2) is 33.2 Å². The van der Waals surface area contributed by atoms with E-state index in [0.717, 1.165) is 17.9 Å². The van der Waals surface area contributed by atoms with Gasteiger partial charge < -0.3 is 15.0 Å². The molecule has 5 nitrogen and oxygen atoms in total. The first-order valence-corrected chi connectivity index (χ1v) is 5.57. The second-order valence-corrected chi connectivity index (χ2v) is 3.75. The minimum absolute atomic E-state index is 0.424. The average molecular weight is 225 g/mol. The largest absolute Gasteiger partial charge is 0.480 e. The molecule has 2 N–H and O–H groups in total. The average Bonchev–Trinajstić information content (AvgIpc) is 2.58. The summed E-state index contributed by atoms with van der Waals surface area (Å²) >= 11 is 0. The molecule has 1 rings (SSSR count). The number of imidazole rings is 1. The van der Waals surface area contributed by atoms with Crippen LogP contribution in [0.15, 0.2) is 6.20 Å². The van der Waals surface area contributed by atoms with E-state index in [-0.39, 0.29) is 0 Å². The number of hydrogen-bond donors (Lipinski definition) is 2. The molecule has 0 saturated heterocycles. The van der Waals surface area contributed by atoms with Gasteiger partial charge in [0.15, 0.2) is 0 Å². The molecule has 90 valence electrons. The van der Waals surface area contributed by atoms with E-state index in [1.54, 1.807) is 0 Å². The number of carboxylic acids is 1. The number of nitrogens with zero attached hydrogens (tertiary/aromatic N) is 2. The third-order valence-corrected chi connectivity index (χ3v) is 2.42. The standard InChI is InChI=1S/C11H19N3O2/c1-4-10-13-8(3)6-14(10)7-9(11(15)16)12-5-2/h6,9,12H,4-5,7H2,1-3H3,(H,15,16). The normalized spacial score (nSPS) is 12.7. The summed E-state index contributed by atoms with van der Waals surface area (Å²) in [5.74, 6) is 0.108. The molecule has 1 aromatic rings. The van der Waals surface area contributed by atoms with Crippen molar-refractivity contribution in [1.82, 2.24) is 14.9 Å². The first-order valence-electron chi connectivity index (χ1n) is 5.57. The van der Waals surface area contributed by atoms with Gasteiger partial charge >= 0.3 is 5.97 Å². The van der Waals surface area contributed by atoms with E-state index >= 15 is 0 Å². The summed E-state index contributed by atoms with van der Waals surface area (Å²) in [5, 5.41) is 12.0. The maximum Gasteiger partial charge on any atom is 0.322 e. The van der Waals surface area contributed by atoms with E-state index in [4.69, 9.17) is 5.11 Å². The Labute approximate surface area is 95.5 Å². The van der Waals surface area contributed by atoms with Gasteiger partial charge in [0.05, 0.1) is 5.69 Å². The summed E-state index contributed by atoms with van der Waals surface area (Å²) in [4.78, 5) is 15.3. The number of hydrogen-bond acceptors (Lipinski definition) is 3. The van der Waals surface area contributed by atoms with Crippen LogP contribution in [0, 0.1) is 6.92 Å². The highest BCUT2D eigenvalue weighted by atomic mass is 16.4. The van der Waals surface area contributed by atoms with Crippen molar-refractivity contribution in [3.8, 4) is 0 Å². The Morgan fingerprint density at radius 1 is 1.62 bits per heavy atom. The first-order chi connectivity index (χ1) is 7.58. The Bertz CT molecular complexity index is 360. The number of nitrogens with one attached hydrogen (secondary N) is 1. The molecule has 0 saturated carbocycles. The van der Waals surface area contributed by atoms with E-state index in [1.165, 1.54) is 0 Å². The predicted molar refractivity (Wildman–Crippen MR) is 61.4 cm³/mol. The molecular formula is C11H19N3O2. The number of carboxylic acid groups (broad SMARTS) is 1. The Hall–Kier alpha value is -1.36. The first kappa shape index (κ1) is 12.7. The fraction of sp³-hybridized carbons (Fsp3) is 0.636. The quantitative estimate of drug-likeness (QED) is 0.752. The molecule has 0 amide bonds. The van der Waals surface area contributed by atoms with Gasteiger partial charge in [-0.3, -0.25) is 4.79 Å². The Balaban J connectivity index is 2.79. The highest BCUT2D eigenvalue weighted by Crippen LogP contribution is 2.05. The Morgan fingerprint density at radius 2 is 2.31 bits per heavy atom. The van der Waals surface area contributed by atoms with Crippen molar-refractivity contribution >= 4 is 5.97 Å². The molecule has 5 heteroatoms. The van der Waals surface area contributed by atoms with Crippen LogP contribution in [0.25, 0.3) is 0 Å². The number of aryl methyl sites for hydroxylation is 2. The van der Waals surface area contributed by atoms with E-state index in [0.29, 0.717) is 13.1 Å². The molecule has 16 heavy (non-hydrogen) atoms. The lowest BCUT2D eigenvalue weighted by molar-refractivity contribution is -0.139. The predicted octanol–water partition coefficient (Wildman–Crippen LogP) is 0.817. The zero-order chi connectivity index (χ0) is 12.1. The second kappa shape index (κ2) is 5.65. The number of aromatic nitrogens is 2. The van der Waals surface area contributed by atoms with Gasteiger partial charge in [-0.15, -0.1) is 0 Å². The minimum atomic E-state index is -0.824. The molecule has 0 radical (unpaired) electrons. The maximum absolute atomic E-state index is 11.0. The van der Waals surface area contributed by atoms with Gasteiger partial charge in [-0.1, -0.05) is 13.8 Å². The highest BCUT2D eigenvalue weighted by molar-refractivity contribution is 5.73. The zero-order valence-corrected chi connectivity index (χ0v) is 10.0. The summed E-state index contributed by atoms with van der Waals surface area (Å²) in [7, 11) is 0. The second-order valence-electron chi connectivity index (χ2n) is 3.75. The molecule has 0 bridgehead atoms. The smallest absolute Gasteiger partial charge is 0.322 e. The molecule has 0 spiro atoms. The topological polar surface area (TPSA) is 67.2 Å². The lowest BCUT2D eigenvalue weighted by Gasteiger charge is -2.15. The maximum atomic E-state index is 11.0. The van der Waals surface area contributed by atoms with Crippen LogP contribution in [-0.2, 0) is 17.8 Å². The van der Waals surface area contributed by atoms with Crippen LogP contribution in [0.4, 0.5) is 0 Å². The molecule has 0 aliphatic carbocycles. The summed E-state index contributed by atoms with van der Waals surface area (Å²) in [6.07, 6.45) is 2.71. The van der Waals surface area contributed by atoms with E-state index in [2.05, 4.69) is 10.3 Å². The number of likely N-dealkylation sites (N-methyl/N-ethyl adjacent to an activating group) is 1. The molecule has 0 aliphatic rings. The minimum Gasteiger partial charge on any atom is -0.480 e. The van der Waals surface area contributed by atoms with Crippen molar-refractivity contribution in [3.63, 3.8) is 0 Å². The molecule has 1 unspecified atom stereocenters. The molecule has 0 aromatic carbocycles. The van der Waals surface area contributed by atoms with Crippen LogP contribution in [0.3, 0.4) is 0 Å². The van der Waals surface area contributed by atoms with Crippen LogP contribution in [0.1, 0.15) is 25.4 Å². The fourth-order valence-electron chi connectivity index (χ4n) is 1.71. The van der Waals surface area contributed by atoms with Gasteiger partial charge in [0, 0.05) is 19.2 Å². The third kappa shape index (κ3) is 3.06. The van der Waals surface area contributed by atoms with Gasteiger partial charge in [0.25, 0.3) is 0 Å². The monoisotopic (exact) mass is 225 g/mol. The van der Waals surface area contributed by atoms with Gasteiger partial charge in [-0.2, -0.15) is 0 Å². The SMILES string of the molecule is CCNC(Cn1cc(C)nc1CC)C(=O)O. The summed E-state index contributed by atoms with van der Waals surface area (Å²) in [6.45, 7) is 6.90. The fourth-order valence-corrected chi connectivity index (χ4v) is 1.71. The van der Waals surface area contributed by atoms with Gasteiger partial charge in [0.1, 0.15) is 11.9 Å². The van der Waals surface area contributed by atoms with Crippen LogP contribution < -0.4 is 5.32 Å². The van der Waals surface area contributed by atoms with Crippen molar-refractivity contribution in [1.29, 1.82) is 0 Å². The summed E-state index contributed by atoms with van der Waals surface area (Å²) in [5.41, 5.74) is 0.928. The van der Waals surface area contributed by atoms with E-state index in [1.807, 2.05) is 31.5 Å². The molecule has 0 fully saturated rings. The van der Waals surface area contributed by atoms with Crippen LogP contribution in [0.2, 0.25) is 0 Å². The third-order valence-electron chi connectivity index (χ3n) is 2.42. The van der Waals surface area contributed by atoms with Gasteiger partial charge in [-0.25, -0.2) is 4.98 Å². The molecular weight excluding hydrogens is 206 g/mol. The van der Waals surface area contributed by atoms with Gasteiger partial charge in [0.2, 0.25) is 0 Å². The molecule has 1 atom stereocenters. The van der Waals surface area contributed by atoms with Gasteiger partial charge in [-0.05, 0) is 13.5 Å². The number of aliphatic carboxylic acids is 1. The molecule has 0 aliphatic heterocycles. The van der Waals surface area contributed by atoms with E-state index in [9.17, 15) is 4.79 Å². The Morgan fingerprint density at radius 3 is 2.81 bits per heavy atom. The zero-order valence-electron chi connectivity index (χ0n) is 10.0. The molecule has 1 heterocycles. The highest BCUT2D eigenvalue weighted by Gasteiger charge is 2.17. The van der Waals surface area contributed by atoms with Crippen molar-refractivity contribution in [2.24, 2.45) is 0 Å². The lowest BCUT2D eigenvalue weighted by atomic mass is 10.3. The summed E-state index contributed by atoms with van der Waals surface area (Å²) < 4.78 is 1.91. The van der Waals surface area contributed by atoms with Crippen LogP contribution in [0.5, 0.6) is 0 Å². The van der Waals surface area contributed by atoms with E-state index < -0.39 is 12.0 Å². The van der Waals surface area contributed by atoms with Crippen molar-refractivity contribution in [2.75, 3.05) is 6.54 Å². The number of carbonyl (C=O) groups is 1. The van der Waals surface area contributed by atoms with Crippen molar-refractivity contribution in [3.05, 3.63) is 17.7 Å². The Kier molecular flexibility index (Phi) is 4.49. The van der Waals surface area contributed by atoms with Crippen molar-refractivity contribution < 1.29 is 9.90 Å². The van der Waals surface area contributed by atoms with Crippen LogP contribution >= 0.6 is 0 Å². The number of rotatable bonds is 6.